The molecule has 4 rings (SSSR count). The van der Waals surface area contributed by atoms with Crippen LogP contribution in [0.2, 0.25) is 5.02 Å². The number of anilines is 2. The number of pyridine rings is 1. The smallest absolute Gasteiger partial charge is 0.232 e. The van der Waals surface area contributed by atoms with Crippen molar-refractivity contribution in [3.8, 4) is 17.0 Å². The second-order valence-corrected chi connectivity index (χ2v) is 7.02. The number of halogens is 2. The number of benzene rings is 2. The second-order valence-electron chi connectivity index (χ2n) is 6.61. The van der Waals surface area contributed by atoms with Gasteiger partial charge < -0.3 is 15.0 Å². The summed E-state index contributed by atoms with van der Waals surface area (Å²) in [6, 6.07) is 20.6. The van der Waals surface area contributed by atoms with E-state index in [9.17, 15) is 0 Å². The van der Waals surface area contributed by atoms with Crippen molar-refractivity contribution in [3.05, 3.63) is 71.9 Å². The van der Waals surface area contributed by atoms with E-state index in [0.717, 1.165) is 25.2 Å². The zero-order valence-corrected chi connectivity index (χ0v) is 17.2. The Kier molecular flexibility index (Phi) is 6.65. The van der Waals surface area contributed by atoms with Crippen LogP contribution < -0.4 is 15.0 Å². The molecule has 6 heteroatoms. The maximum Gasteiger partial charge on any atom is 0.232 e. The molecule has 2 aromatic carbocycles. The summed E-state index contributed by atoms with van der Waals surface area (Å²) in [4.78, 5) is 6.58. The predicted octanol–water partition coefficient (Wildman–Crippen LogP) is 5.52. The van der Waals surface area contributed by atoms with Crippen LogP contribution in [0.1, 0.15) is 6.42 Å². The number of aromatic nitrogens is 1. The van der Waals surface area contributed by atoms with E-state index in [1.807, 2.05) is 19.2 Å². The lowest BCUT2D eigenvalue weighted by Crippen LogP contribution is -2.25. The molecule has 1 aliphatic heterocycles. The SMILES string of the molecule is CNc1cc(-c2ccccc2)ccc1N1CC[C@H](Oc2ncccc2Cl)C1.Cl. The van der Waals surface area contributed by atoms with E-state index in [1.54, 1.807) is 12.3 Å². The molecule has 0 aliphatic carbocycles. The van der Waals surface area contributed by atoms with Crippen LogP contribution in [0, 0.1) is 0 Å². The zero-order chi connectivity index (χ0) is 18.6. The molecular formula is C22H23Cl2N3O. The normalized spacial score (nSPS) is 15.8. The van der Waals surface area contributed by atoms with E-state index < -0.39 is 0 Å². The van der Waals surface area contributed by atoms with Gasteiger partial charge in [-0.2, -0.15) is 0 Å². The van der Waals surface area contributed by atoms with Gasteiger partial charge in [-0.05, 0) is 35.4 Å². The topological polar surface area (TPSA) is 37.4 Å². The van der Waals surface area contributed by atoms with Gasteiger partial charge in [0.1, 0.15) is 11.1 Å². The van der Waals surface area contributed by atoms with Gasteiger partial charge in [-0.15, -0.1) is 12.4 Å². The van der Waals surface area contributed by atoms with Crippen LogP contribution in [0.4, 0.5) is 11.4 Å². The molecule has 0 unspecified atom stereocenters. The molecule has 4 nitrogen and oxygen atoms in total. The molecule has 0 radical (unpaired) electrons. The van der Waals surface area contributed by atoms with Crippen molar-refractivity contribution in [2.45, 2.75) is 12.5 Å². The summed E-state index contributed by atoms with van der Waals surface area (Å²) in [5.74, 6) is 0.513. The zero-order valence-electron chi connectivity index (χ0n) is 15.6. The Labute approximate surface area is 176 Å². The summed E-state index contributed by atoms with van der Waals surface area (Å²) in [5.41, 5.74) is 4.73. The number of nitrogens with zero attached hydrogens (tertiary/aromatic N) is 2. The molecule has 1 atom stereocenters. The monoisotopic (exact) mass is 415 g/mol. The van der Waals surface area contributed by atoms with Crippen molar-refractivity contribution in [1.29, 1.82) is 0 Å². The molecule has 0 spiro atoms. The minimum atomic E-state index is 0. The number of hydrogen-bond donors (Lipinski definition) is 1. The molecule has 3 aromatic rings. The van der Waals surface area contributed by atoms with Gasteiger partial charge in [0.05, 0.1) is 17.9 Å². The highest BCUT2D eigenvalue weighted by Crippen LogP contribution is 2.34. The third kappa shape index (κ3) is 4.34. The Morgan fingerprint density at radius 1 is 1.07 bits per heavy atom. The largest absolute Gasteiger partial charge is 0.471 e. The molecule has 0 amide bonds. The average molecular weight is 416 g/mol. The van der Waals surface area contributed by atoms with Crippen molar-refractivity contribution in [2.24, 2.45) is 0 Å². The Balaban J connectivity index is 0.00000225. The fourth-order valence-corrected chi connectivity index (χ4v) is 3.65. The van der Waals surface area contributed by atoms with Crippen LogP contribution in [-0.2, 0) is 0 Å². The van der Waals surface area contributed by atoms with Gasteiger partial charge in [0, 0.05) is 26.2 Å². The molecule has 28 heavy (non-hydrogen) atoms. The van der Waals surface area contributed by atoms with E-state index in [4.69, 9.17) is 16.3 Å². The first-order valence-electron chi connectivity index (χ1n) is 9.14. The molecule has 0 saturated carbocycles. The number of nitrogens with one attached hydrogen (secondary N) is 1. The highest BCUT2D eigenvalue weighted by atomic mass is 35.5. The first kappa shape index (κ1) is 20.3. The van der Waals surface area contributed by atoms with Crippen molar-refractivity contribution in [2.75, 3.05) is 30.4 Å². The van der Waals surface area contributed by atoms with E-state index >= 15 is 0 Å². The third-order valence-electron chi connectivity index (χ3n) is 4.86. The van der Waals surface area contributed by atoms with Crippen molar-refractivity contribution in [1.82, 2.24) is 4.98 Å². The lowest BCUT2D eigenvalue weighted by Gasteiger charge is -2.23. The highest BCUT2D eigenvalue weighted by Gasteiger charge is 2.26. The van der Waals surface area contributed by atoms with Crippen LogP contribution in [0.3, 0.4) is 0 Å². The van der Waals surface area contributed by atoms with E-state index in [0.29, 0.717) is 10.9 Å². The number of rotatable bonds is 5. The second kappa shape index (κ2) is 9.18. The molecule has 1 aliphatic rings. The van der Waals surface area contributed by atoms with Gasteiger partial charge in [-0.3, -0.25) is 0 Å². The maximum atomic E-state index is 6.17. The van der Waals surface area contributed by atoms with Crippen LogP contribution in [0.15, 0.2) is 66.9 Å². The fourth-order valence-electron chi connectivity index (χ4n) is 3.48. The standard InChI is InChI=1S/C22H22ClN3O.ClH/c1-24-20-14-17(16-6-3-2-4-7-16)9-10-21(20)26-13-11-18(15-26)27-22-19(23)8-5-12-25-22;/h2-10,12,14,18,24H,11,13,15H2,1H3;1H/t18-;/m0./s1. The predicted molar refractivity (Wildman–Crippen MR) is 119 cm³/mol. The lowest BCUT2D eigenvalue weighted by atomic mass is 10.0. The summed E-state index contributed by atoms with van der Waals surface area (Å²) < 4.78 is 6.02. The Morgan fingerprint density at radius 2 is 1.89 bits per heavy atom. The van der Waals surface area contributed by atoms with Crippen LogP contribution in [-0.4, -0.2) is 31.2 Å². The molecule has 1 aromatic heterocycles. The average Bonchev–Trinajstić information content (AvgIpc) is 3.18. The van der Waals surface area contributed by atoms with Gasteiger partial charge in [0.15, 0.2) is 0 Å². The number of hydrogen-bond acceptors (Lipinski definition) is 4. The van der Waals surface area contributed by atoms with Gasteiger partial charge in [0.2, 0.25) is 5.88 Å². The molecule has 1 saturated heterocycles. The van der Waals surface area contributed by atoms with E-state index in [-0.39, 0.29) is 18.5 Å². The highest BCUT2D eigenvalue weighted by molar-refractivity contribution is 6.31. The van der Waals surface area contributed by atoms with E-state index in [2.05, 4.69) is 57.7 Å². The lowest BCUT2D eigenvalue weighted by molar-refractivity contribution is 0.216. The van der Waals surface area contributed by atoms with Gasteiger partial charge in [0.25, 0.3) is 0 Å². The van der Waals surface area contributed by atoms with Gasteiger partial charge in [-0.25, -0.2) is 4.98 Å². The van der Waals surface area contributed by atoms with Crippen molar-refractivity contribution >= 4 is 35.4 Å². The summed E-state index contributed by atoms with van der Waals surface area (Å²) >= 11 is 6.17. The molecule has 2 heterocycles. The maximum absolute atomic E-state index is 6.17. The summed E-state index contributed by atoms with van der Waals surface area (Å²) in [5, 5.41) is 3.90. The molecule has 0 bridgehead atoms. The van der Waals surface area contributed by atoms with Crippen molar-refractivity contribution < 1.29 is 4.74 Å². The van der Waals surface area contributed by atoms with Crippen molar-refractivity contribution in [3.63, 3.8) is 0 Å². The number of ether oxygens (including phenoxy) is 1. The molecular weight excluding hydrogens is 393 g/mol. The summed E-state index contributed by atoms with van der Waals surface area (Å²) in [6.07, 6.45) is 2.72. The van der Waals surface area contributed by atoms with E-state index in [1.165, 1.54) is 16.8 Å². The molecule has 1 fully saturated rings. The molecule has 146 valence electrons. The Morgan fingerprint density at radius 3 is 2.64 bits per heavy atom. The van der Waals surface area contributed by atoms with Crippen LogP contribution in [0.25, 0.3) is 11.1 Å². The van der Waals surface area contributed by atoms with Crippen LogP contribution >= 0.6 is 24.0 Å². The first-order valence-corrected chi connectivity index (χ1v) is 9.52. The minimum Gasteiger partial charge on any atom is -0.471 e. The molecule has 1 N–H and O–H groups in total. The quantitative estimate of drug-likeness (QED) is 0.594. The summed E-state index contributed by atoms with van der Waals surface area (Å²) in [7, 11) is 1.96. The fraction of sp³-hybridized carbons (Fsp3) is 0.227. The van der Waals surface area contributed by atoms with Crippen LogP contribution in [0.5, 0.6) is 5.88 Å². The minimum absolute atomic E-state index is 0. The third-order valence-corrected chi connectivity index (χ3v) is 5.15. The Hall–Kier alpha value is -2.43. The summed E-state index contributed by atoms with van der Waals surface area (Å²) in [6.45, 7) is 1.75. The van der Waals surface area contributed by atoms with Gasteiger partial charge in [-0.1, -0.05) is 48.0 Å². The Bertz CT molecular complexity index is 921. The van der Waals surface area contributed by atoms with Gasteiger partial charge >= 0.3 is 0 Å². The first-order chi connectivity index (χ1) is 13.2.